The molecule has 29 heavy (non-hydrogen) atoms. The molecule has 15 heteroatoms. The molecule has 0 unspecified atom stereocenters. The number of aromatic nitrogens is 2. The highest BCUT2D eigenvalue weighted by molar-refractivity contribution is 6.33. The van der Waals surface area contributed by atoms with Gasteiger partial charge in [0.15, 0.2) is 5.02 Å². The summed E-state index contributed by atoms with van der Waals surface area (Å²) in [5.74, 6) is -1.46. The first-order chi connectivity index (χ1) is 13.3. The van der Waals surface area contributed by atoms with Crippen LogP contribution in [-0.2, 0) is 17.5 Å². The van der Waals surface area contributed by atoms with E-state index in [1.165, 1.54) is 14.0 Å². The zero-order chi connectivity index (χ0) is 22.1. The second kappa shape index (κ2) is 7.90. The first-order valence-electron chi connectivity index (χ1n) is 7.59. The molecule has 1 aromatic carbocycles. The van der Waals surface area contributed by atoms with Gasteiger partial charge in [-0.3, -0.25) is 25.3 Å². The van der Waals surface area contributed by atoms with Crippen molar-refractivity contribution in [3.8, 4) is 0 Å². The highest BCUT2D eigenvalue weighted by Crippen LogP contribution is 2.35. The minimum atomic E-state index is -4.78. The van der Waals surface area contributed by atoms with Crippen LogP contribution in [0.25, 0.3) is 0 Å². The van der Waals surface area contributed by atoms with Crippen molar-refractivity contribution in [2.45, 2.75) is 19.6 Å². The number of anilines is 1. The third-order valence-electron chi connectivity index (χ3n) is 3.74. The number of alkyl halides is 3. The lowest BCUT2D eigenvalue weighted by molar-refractivity contribution is -0.389. The molecule has 0 radical (unpaired) electrons. The maximum Gasteiger partial charge on any atom is 0.416 e. The second-order valence-corrected chi connectivity index (χ2v) is 6.07. The van der Waals surface area contributed by atoms with E-state index in [0.29, 0.717) is 12.1 Å². The molecule has 0 aliphatic carbocycles. The van der Waals surface area contributed by atoms with E-state index in [1.807, 2.05) is 0 Å². The predicted molar refractivity (Wildman–Crippen MR) is 93.3 cm³/mol. The highest BCUT2D eigenvalue weighted by atomic mass is 35.5. The summed E-state index contributed by atoms with van der Waals surface area (Å²) in [6, 6.07) is 1.81. The number of nitrogens with one attached hydrogen (secondary N) is 1. The van der Waals surface area contributed by atoms with Gasteiger partial charge < -0.3 is 10.1 Å². The maximum absolute atomic E-state index is 12.8. The van der Waals surface area contributed by atoms with Crippen molar-refractivity contribution in [1.82, 2.24) is 15.2 Å². The number of carbonyl (C=O) groups excluding carboxylic acids is 1. The molecule has 156 valence electrons. The zero-order valence-electron chi connectivity index (χ0n) is 14.7. The van der Waals surface area contributed by atoms with Crippen molar-refractivity contribution in [2.24, 2.45) is 0 Å². The number of nitro benzene ring substituents is 1. The molecule has 1 amide bonds. The van der Waals surface area contributed by atoms with Gasteiger partial charge in [-0.15, -0.1) is 0 Å². The van der Waals surface area contributed by atoms with E-state index in [9.17, 15) is 38.2 Å². The van der Waals surface area contributed by atoms with Crippen LogP contribution in [0.5, 0.6) is 0 Å². The third-order valence-corrected chi connectivity index (χ3v) is 4.18. The minimum Gasteiger partial charge on any atom is -0.358 e. The number of amides is 1. The molecule has 1 aromatic heterocycles. The Kier molecular flexibility index (Phi) is 5.96. The van der Waals surface area contributed by atoms with Crippen LogP contribution >= 0.6 is 11.6 Å². The third kappa shape index (κ3) is 4.71. The van der Waals surface area contributed by atoms with Gasteiger partial charge in [0.25, 0.3) is 11.6 Å². The minimum absolute atomic E-state index is 0.136. The summed E-state index contributed by atoms with van der Waals surface area (Å²) in [6.07, 6.45) is -4.78. The molecule has 0 atom stereocenters. The molecule has 11 nitrogen and oxygen atoms in total. The van der Waals surface area contributed by atoms with Crippen molar-refractivity contribution in [1.29, 1.82) is 0 Å². The zero-order valence-corrected chi connectivity index (χ0v) is 15.5. The molecular formula is C14H12ClF3N6O5. The van der Waals surface area contributed by atoms with Gasteiger partial charge in [0.2, 0.25) is 0 Å². The predicted octanol–water partition coefficient (Wildman–Crippen LogP) is 2.85. The van der Waals surface area contributed by atoms with Gasteiger partial charge in [-0.1, -0.05) is 11.6 Å². The maximum atomic E-state index is 12.8. The molecule has 1 N–H and O–H groups in total. The fourth-order valence-corrected chi connectivity index (χ4v) is 2.53. The van der Waals surface area contributed by atoms with Crippen LogP contribution in [0.4, 0.5) is 30.4 Å². The lowest BCUT2D eigenvalue weighted by Gasteiger charge is -2.20. The molecular weight excluding hydrogens is 425 g/mol. The molecule has 0 saturated heterocycles. The monoisotopic (exact) mass is 436 g/mol. The van der Waals surface area contributed by atoms with Crippen molar-refractivity contribution in [3.63, 3.8) is 0 Å². The number of rotatable bonds is 6. The number of carbonyl (C=O) groups is 1. The molecule has 0 spiro atoms. The van der Waals surface area contributed by atoms with Gasteiger partial charge in [-0.25, -0.2) is 0 Å². The SMILES string of the molecule is Cc1c(Cl)c([N+](=O)[O-])nn1CC(=O)NN(C)c1ccc(C(F)(F)F)cc1[N+](=O)[O-]. The van der Waals surface area contributed by atoms with E-state index in [1.54, 1.807) is 0 Å². The van der Waals surface area contributed by atoms with Crippen LogP contribution in [0, 0.1) is 27.2 Å². The lowest BCUT2D eigenvalue weighted by atomic mass is 10.1. The fourth-order valence-electron chi connectivity index (χ4n) is 2.33. The number of halogens is 4. The molecule has 0 aliphatic heterocycles. The quantitative estimate of drug-likeness (QED) is 0.543. The second-order valence-electron chi connectivity index (χ2n) is 5.69. The van der Waals surface area contributed by atoms with E-state index in [2.05, 4.69) is 10.5 Å². The summed E-state index contributed by atoms with van der Waals surface area (Å²) >= 11 is 5.77. The molecule has 1 heterocycles. The summed E-state index contributed by atoms with van der Waals surface area (Å²) in [5, 5.41) is 26.2. The van der Waals surface area contributed by atoms with Crippen LogP contribution in [0.3, 0.4) is 0 Å². The average Bonchev–Trinajstić information content (AvgIpc) is 2.88. The molecule has 0 fully saturated rings. The normalized spacial score (nSPS) is 11.2. The standard InChI is InChI=1S/C14H12ClF3N6O5/c1-7-12(15)13(24(28)29)20-22(7)6-11(25)19-21(2)9-4-3-8(14(16,17)18)5-10(9)23(26)27/h3-5H,6H2,1-2H3,(H,19,25). The van der Waals surface area contributed by atoms with Crippen LogP contribution in [0.1, 0.15) is 11.3 Å². The van der Waals surface area contributed by atoms with E-state index in [-0.39, 0.29) is 16.4 Å². The summed E-state index contributed by atoms with van der Waals surface area (Å²) in [6.45, 7) is 0.859. The van der Waals surface area contributed by atoms with E-state index >= 15 is 0 Å². The first kappa shape index (κ1) is 21.9. The van der Waals surface area contributed by atoms with Crippen molar-refractivity contribution >= 4 is 34.7 Å². The molecule has 0 bridgehead atoms. The van der Waals surface area contributed by atoms with Gasteiger partial charge >= 0.3 is 12.0 Å². The molecule has 0 aliphatic rings. The number of hydrogen-bond donors (Lipinski definition) is 1. The van der Waals surface area contributed by atoms with Gasteiger partial charge in [0.1, 0.15) is 12.2 Å². The van der Waals surface area contributed by atoms with Gasteiger partial charge in [-0.2, -0.15) is 17.9 Å². The smallest absolute Gasteiger partial charge is 0.358 e. The summed E-state index contributed by atoms with van der Waals surface area (Å²) in [7, 11) is 1.18. The molecule has 0 saturated carbocycles. The van der Waals surface area contributed by atoms with Crippen molar-refractivity contribution < 1.29 is 27.8 Å². The highest BCUT2D eigenvalue weighted by Gasteiger charge is 2.34. The van der Waals surface area contributed by atoms with E-state index in [0.717, 1.165) is 15.8 Å². The van der Waals surface area contributed by atoms with Crippen molar-refractivity contribution in [3.05, 3.63) is 54.7 Å². The molecule has 2 rings (SSSR count). The summed E-state index contributed by atoms with van der Waals surface area (Å²) in [4.78, 5) is 32.3. The Morgan fingerprint density at radius 2 is 1.93 bits per heavy atom. The van der Waals surface area contributed by atoms with Gasteiger partial charge in [-0.05, 0) is 24.0 Å². The number of nitrogens with zero attached hydrogens (tertiary/aromatic N) is 5. The topological polar surface area (TPSA) is 136 Å². The Labute approximate surface area is 164 Å². The summed E-state index contributed by atoms with van der Waals surface area (Å²) in [5.41, 5.74) is -0.0525. The largest absolute Gasteiger partial charge is 0.416 e. The van der Waals surface area contributed by atoms with Crippen molar-refractivity contribution in [2.75, 3.05) is 12.1 Å². The Hall–Kier alpha value is -3.42. The van der Waals surface area contributed by atoms with E-state index < -0.39 is 45.5 Å². The summed E-state index contributed by atoms with van der Waals surface area (Å²) < 4.78 is 39.3. The lowest BCUT2D eigenvalue weighted by Crippen LogP contribution is -2.41. The number of benzene rings is 1. The van der Waals surface area contributed by atoms with Crippen LogP contribution in [0.15, 0.2) is 18.2 Å². The van der Waals surface area contributed by atoms with E-state index in [4.69, 9.17) is 11.6 Å². The Morgan fingerprint density at radius 3 is 2.41 bits per heavy atom. The number of hydrazine groups is 1. The van der Waals surface area contributed by atoms with Gasteiger partial charge in [0.05, 0.1) is 21.3 Å². The molecule has 2 aromatic rings. The number of hydrogen-bond acceptors (Lipinski definition) is 7. The Morgan fingerprint density at radius 1 is 1.31 bits per heavy atom. The van der Waals surface area contributed by atoms with Gasteiger partial charge in [0, 0.05) is 13.1 Å². The van der Waals surface area contributed by atoms with Crippen LogP contribution in [0.2, 0.25) is 5.02 Å². The van der Waals surface area contributed by atoms with Crippen LogP contribution < -0.4 is 10.4 Å². The fraction of sp³-hybridized carbons (Fsp3) is 0.286. The number of nitro groups is 2. The Balaban J connectivity index is 2.23. The Bertz CT molecular complexity index is 993. The first-order valence-corrected chi connectivity index (χ1v) is 7.96. The average molecular weight is 437 g/mol. The van der Waals surface area contributed by atoms with Crippen LogP contribution in [-0.4, -0.2) is 32.6 Å².